The predicted octanol–water partition coefficient (Wildman–Crippen LogP) is 3.66. The van der Waals surface area contributed by atoms with Gasteiger partial charge in [-0.3, -0.25) is 4.79 Å². The summed E-state index contributed by atoms with van der Waals surface area (Å²) in [5, 5.41) is 12.6. The number of carbonyl (C=O) groups is 1. The van der Waals surface area contributed by atoms with Gasteiger partial charge in [-0.05, 0) is 44.7 Å². The molecule has 2 heterocycles. The van der Waals surface area contributed by atoms with Gasteiger partial charge in [-0.25, -0.2) is 4.98 Å². The van der Waals surface area contributed by atoms with E-state index >= 15 is 0 Å². The second-order valence-corrected chi connectivity index (χ2v) is 8.07. The first-order chi connectivity index (χ1) is 11.6. The van der Waals surface area contributed by atoms with Crippen molar-refractivity contribution in [3.8, 4) is 0 Å². The number of anilines is 1. The van der Waals surface area contributed by atoms with Gasteiger partial charge in [0.05, 0.1) is 10.3 Å². The molecule has 1 atom stereocenters. The van der Waals surface area contributed by atoms with Crippen molar-refractivity contribution in [2.24, 2.45) is 0 Å². The van der Waals surface area contributed by atoms with Gasteiger partial charge in [0.2, 0.25) is 5.91 Å². The van der Waals surface area contributed by atoms with E-state index in [0.29, 0.717) is 22.8 Å². The van der Waals surface area contributed by atoms with Crippen molar-refractivity contribution in [2.75, 3.05) is 5.32 Å². The lowest BCUT2D eigenvalue weighted by Crippen LogP contribution is -2.23. The zero-order valence-electron chi connectivity index (χ0n) is 13.3. The van der Waals surface area contributed by atoms with Crippen LogP contribution in [0, 0.1) is 0 Å². The van der Waals surface area contributed by atoms with Crippen molar-refractivity contribution in [1.29, 1.82) is 0 Å². The lowest BCUT2D eigenvalue weighted by molar-refractivity contribution is -0.115. The molecule has 1 N–H and O–H groups in total. The molecule has 126 valence electrons. The number of halogens is 1. The van der Waals surface area contributed by atoms with Gasteiger partial charge in [0.25, 0.3) is 0 Å². The van der Waals surface area contributed by atoms with Crippen molar-refractivity contribution in [1.82, 2.24) is 19.7 Å². The van der Waals surface area contributed by atoms with Crippen LogP contribution in [0.15, 0.2) is 23.5 Å². The number of carbonyl (C=O) groups excluding carboxylic acids is 1. The Morgan fingerprint density at radius 3 is 2.75 bits per heavy atom. The molecule has 2 aliphatic rings. The Balaban J connectivity index is 1.44. The number of nitrogens with zero attached hydrogens (tertiary/aromatic N) is 4. The second kappa shape index (κ2) is 6.37. The normalized spacial score (nSPS) is 18.4. The van der Waals surface area contributed by atoms with E-state index in [9.17, 15) is 4.79 Å². The van der Waals surface area contributed by atoms with Crippen molar-refractivity contribution in [3.05, 3.63) is 29.2 Å². The maximum absolute atomic E-state index is 12.4. The number of pyridine rings is 1. The fourth-order valence-corrected chi connectivity index (χ4v) is 3.59. The van der Waals surface area contributed by atoms with E-state index in [2.05, 4.69) is 25.1 Å². The van der Waals surface area contributed by atoms with Crippen LogP contribution in [0.5, 0.6) is 0 Å². The van der Waals surface area contributed by atoms with Crippen LogP contribution in [0.1, 0.15) is 50.4 Å². The lowest BCUT2D eigenvalue weighted by Gasteiger charge is -2.13. The highest BCUT2D eigenvalue weighted by molar-refractivity contribution is 8.00. The van der Waals surface area contributed by atoms with Crippen molar-refractivity contribution < 1.29 is 4.79 Å². The summed E-state index contributed by atoms with van der Waals surface area (Å²) in [5.74, 6) is 2.06. The maximum atomic E-state index is 12.4. The standard InChI is InChI=1S/C16H18ClN5OS/c1-9(15(23)19-13-7-4-11(17)8-18-13)24-16-21-20-14(10-2-3-10)22(16)12-5-6-12/h4,7-10,12H,2-3,5-6H2,1H3,(H,18,19,23)/t9-/m0/s1. The zero-order chi connectivity index (χ0) is 16.7. The van der Waals surface area contributed by atoms with Crippen LogP contribution < -0.4 is 5.32 Å². The highest BCUT2D eigenvalue weighted by atomic mass is 35.5. The summed E-state index contributed by atoms with van der Waals surface area (Å²) in [5.41, 5.74) is 0. The molecule has 2 saturated carbocycles. The zero-order valence-corrected chi connectivity index (χ0v) is 14.8. The Hall–Kier alpha value is -1.60. The van der Waals surface area contributed by atoms with Crippen molar-refractivity contribution >= 4 is 35.1 Å². The number of hydrogen-bond acceptors (Lipinski definition) is 5. The number of hydrogen-bond donors (Lipinski definition) is 1. The fourth-order valence-electron chi connectivity index (χ4n) is 2.55. The third kappa shape index (κ3) is 3.42. The minimum Gasteiger partial charge on any atom is -0.310 e. The molecular weight excluding hydrogens is 346 g/mol. The summed E-state index contributed by atoms with van der Waals surface area (Å²) in [7, 11) is 0. The van der Waals surface area contributed by atoms with Crippen LogP contribution in [-0.4, -0.2) is 30.9 Å². The molecule has 0 radical (unpaired) electrons. The highest BCUT2D eigenvalue weighted by Gasteiger charge is 2.37. The molecule has 0 bridgehead atoms. The van der Waals surface area contributed by atoms with E-state index in [0.717, 1.165) is 11.0 Å². The maximum Gasteiger partial charge on any atom is 0.238 e. The predicted molar refractivity (Wildman–Crippen MR) is 93.5 cm³/mol. The number of amides is 1. The monoisotopic (exact) mass is 363 g/mol. The molecule has 2 aliphatic carbocycles. The number of thioether (sulfide) groups is 1. The first-order valence-corrected chi connectivity index (χ1v) is 9.41. The first-order valence-electron chi connectivity index (χ1n) is 8.15. The molecule has 6 nitrogen and oxygen atoms in total. The van der Waals surface area contributed by atoms with Gasteiger partial charge in [0, 0.05) is 18.2 Å². The Labute approximate surface area is 149 Å². The molecule has 0 spiro atoms. The third-order valence-corrected chi connectivity index (χ3v) is 5.46. The van der Waals surface area contributed by atoms with Gasteiger partial charge in [0.1, 0.15) is 11.6 Å². The van der Waals surface area contributed by atoms with E-state index in [4.69, 9.17) is 11.6 Å². The summed E-state index contributed by atoms with van der Waals surface area (Å²) in [6, 6.07) is 3.91. The summed E-state index contributed by atoms with van der Waals surface area (Å²) < 4.78 is 2.26. The van der Waals surface area contributed by atoms with Crippen LogP contribution in [-0.2, 0) is 4.79 Å². The minimum atomic E-state index is -0.281. The molecule has 8 heteroatoms. The van der Waals surface area contributed by atoms with E-state index in [1.54, 1.807) is 12.1 Å². The molecule has 0 aliphatic heterocycles. The summed E-state index contributed by atoms with van der Waals surface area (Å²) in [6.07, 6.45) is 6.28. The molecule has 2 aromatic heterocycles. The van der Waals surface area contributed by atoms with E-state index in [1.807, 2.05) is 6.92 Å². The third-order valence-electron chi connectivity index (χ3n) is 4.18. The molecule has 2 fully saturated rings. The summed E-state index contributed by atoms with van der Waals surface area (Å²) in [4.78, 5) is 16.5. The molecule has 0 saturated heterocycles. The van der Waals surface area contributed by atoms with Crippen LogP contribution in [0.4, 0.5) is 5.82 Å². The average molecular weight is 364 g/mol. The molecule has 24 heavy (non-hydrogen) atoms. The summed E-state index contributed by atoms with van der Waals surface area (Å²) >= 11 is 7.27. The Bertz CT molecular complexity index is 754. The number of nitrogens with one attached hydrogen (secondary N) is 1. The molecule has 0 unspecified atom stereocenters. The molecule has 2 aromatic rings. The second-order valence-electron chi connectivity index (χ2n) is 6.33. The van der Waals surface area contributed by atoms with Gasteiger partial charge in [-0.1, -0.05) is 23.4 Å². The van der Waals surface area contributed by atoms with Crippen LogP contribution in [0.3, 0.4) is 0 Å². The lowest BCUT2D eigenvalue weighted by atomic mass is 10.4. The van der Waals surface area contributed by atoms with Crippen molar-refractivity contribution in [3.63, 3.8) is 0 Å². The fraction of sp³-hybridized carbons (Fsp3) is 0.500. The highest BCUT2D eigenvalue weighted by Crippen LogP contribution is 2.46. The van der Waals surface area contributed by atoms with E-state index < -0.39 is 0 Å². The molecule has 0 aromatic carbocycles. The van der Waals surface area contributed by atoms with Crippen LogP contribution >= 0.6 is 23.4 Å². The Morgan fingerprint density at radius 1 is 1.33 bits per heavy atom. The van der Waals surface area contributed by atoms with Crippen LogP contribution in [0.2, 0.25) is 5.02 Å². The van der Waals surface area contributed by atoms with Crippen LogP contribution in [0.25, 0.3) is 0 Å². The van der Waals surface area contributed by atoms with Gasteiger partial charge in [-0.15, -0.1) is 10.2 Å². The van der Waals surface area contributed by atoms with Gasteiger partial charge < -0.3 is 9.88 Å². The quantitative estimate of drug-likeness (QED) is 0.793. The number of aromatic nitrogens is 4. The minimum absolute atomic E-state index is 0.104. The first kappa shape index (κ1) is 15.9. The Kier molecular flexibility index (Phi) is 4.22. The van der Waals surface area contributed by atoms with Gasteiger partial charge >= 0.3 is 0 Å². The Morgan fingerprint density at radius 2 is 2.12 bits per heavy atom. The summed E-state index contributed by atoms with van der Waals surface area (Å²) in [6.45, 7) is 1.87. The number of rotatable bonds is 6. The van der Waals surface area contributed by atoms with Crippen molar-refractivity contribution in [2.45, 2.75) is 55.0 Å². The SMILES string of the molecule is C[C@H](Sc1nnc(C2CC2)n1C1CC1)C(=O)Nc1ccc(Cl)cn1. The van der Waals surface area contributed by atoms with E-state index in [-0.39, 0.29) is 11.2 Å². The largest absolute Gasteiger partial charge is 0.310 e. The molecule has 1 amide bonds. The molecule has 4 rings (SSSR count). The molecular formula is C16H18ClN5OS. The average Bonchev–Trinajstić information content (AvgIpc) is 3.49. The van der Waals surface area contributed by atoms with Gasteiger partial charge in [0.15, 0.2) is 5.16 Å². The van der Waals surface area contributed by atoms with Gasteiger partial charge in [-0.2, -0.15) is 0 Å². The van der Waals surface area contributed by atoms with E-state index in [1.165, 1.54) is 43.6 Å². The topological polar surface area (TPSA) is 72.7 Å². The smallest absolute Gasteiger partial charge is 0.238 e.